The lowest BCUT2D eigenvalue weighted by atomic mass is 10.0. The molecule has 0 aliphatic carbocycles. The highest BCUT2D eigenvalue weighted by Crippen LogP contribution is 2.21. The van der Waals surface area contributed by atoms with Gasteiger partial charge in [0.15, 0.2) is 0 Å². The van der Waals surface area contributed by atoms with Gasteiger partial charge in [-0.15, -0.1) is 0 Å². The number of carbonyl (C=O) groups excluding carboxylic acids is 1. The third-order valence-electron chi connectivity index (χ3n) is 3.10. The topological polar surface area (TPSA) is 96.3 Å². The number of hydrogen-bond donors (Lipinski definition) is 1. The van der Waals surface area contributed by atoms with Crippen LogP contribution in [-0.2, 0) is 16.1 Å². The van der Waals surface area contributed by atoms with E-state index in [-0.39, 0.29) is 6.54 Å². The van der Waals surface area contributed by atoms with Crippen LogP contribution in [0.4, 0.5) is 4.79 Å². The van der Waals surface area contributed by atoms with E-state index < -0.39 is 11.7 Å². The molecule has 1 fully saturated rings. The van der Waals surface area contributed by atoms with Gasteiger partial charge in [-0.25, -0.2) is 4.79 Å². The summed E-state index contributed by atoms with van der Waals surface area (Å²) < 4.78 is 10.8. The van der Waals surface area contributed by atoms with Crippen LogP contribution in [0, 0.1) is 0 Å². The predicted molar refractivity (Wildman–Crippen MR) is 71.9 cm³/mol. The average Bonchev–Trinajstić information content (AvgIpc) is 2.85. The molecule has 1 atom stereocenters. The number of benzene rings is 1. The van der Waals surface area contributed by atoms with E-state index in [1.54, 1.807) is 0 Å². The summed E-state index contributed by atoms with van der Waals surface area (Å²) in [7, 11) is 0. The Labute approximate surface area is 116 Å². The van der Waals surface area contributed by atoms with Crippen molar-refractivity contribution >= 4 is 6.09 Å². The van der Waals surface area contributed by atoms with Crippen molar-refractivity contribution in [1.29, 1.82) is 0 Å². The quantitative estimate of drug-likeness (QED) is 0.358. The summed E-state index contributed by atoms with van der Waals surface area (Å²) in [6.07, 6.45) is -0.00128. The Kier molecular flexibility index (Phi) is 4.81. The lowest BCUT2D eigenvalue weighted by Crippen LogP contribution is -2.38. The maximum Gasteiger partial charge on any atom is 0.407 e. The number of alkyl carbamates (subject to hydrolysis) is 1. The number of rotatable bonds is 7. The van der Waals surface area contributed by atoms with E-state index >= 15 is 0 Å². The molecule has 1 amide bonds. The number of azide groups is 1. The second-order valence-electron chi connectivity index (χ2n) is 4.60. The van der Waals surface area contributed by atoms with Gasteiger partial charge in [0.05, 0.1) is 26.3 Å². The minimum Gasteiger partial charge on any atom is -0.441 e. The normalized spacial score (nSPS) is 20.9. The van der Waals surface area contributed by atoms with Crippen LogP contribution < -0.4 is 5.32 Å². The SMILES string of the molecule is [N-]=[N+]=NCC1(CCOCc2ccccc2)CNC(=O)O1. The molecule has 2 rings (SSSR count). The highest BCUT2D eigenvalue weighted by Gasteiger charge is 2.39. The van der Waals surface area contributed by atoms with E-state index in [4.69, 9.17) is 15.0 Å². The van der Waals surface area contributed by atoms with Crippen LogP contribution in [-0.4, -0.2) is 31.4 Å². The van der Waals surface area contributed by atoms with Gasteiger partial charge in [0.1, 0.15) is 5.60 Å². The summed E-state index contributed by atoms with van der Waals surface area (Å²) in [6, 6.07) is 9.80. The van der Waals surface area contributed by atoms with E-state index in [1.165, 1.54) is 0 Å². The highest BCUT2D eigenvalue weighted by atomic mass is 16.6. The maximum absolute atomic E-state index is 11.2. The molecule has 1 N–H and O–H groups in total. The molecule has 0 radical (unpaired) electrons. The van der Waals surface area contributed by atoms with Crippen LogP contribution in [0.3, 0.4) is 0 Å². The van der Waals surface area contributed by atoms with Crippen molar-refractivity contribution in [3.05, 3.63) is 46.3 Å². The van der Waals surface area contributed by atoms with Gasteiger partial charge in [0, 0.05) is 11.3 Å². The van der Waals surface area contributed by atoms with Gasteiger partial charge in [-0.3, -0.25) is 0 Å². The Balaban J connectivity index is 1.80. The maximum atomic E-state index is 11.2. The molecule has 7 nitrogen and oxygen atoms in total. The summed E-state index contributed by atoms with van der Waals surface area (Å²) >= 11 is 0. The number of nitrogens with zero attached hydrogens (tertiary/aromatic N) is 3. The fourth-order valence-corrected chi connectivity index (χ4v) is 1.99. The smallest absolute Gasteiger partial charge is 0.407 e. The molecule has 1 unspecified atom stereocenters. The molecule has 1 saturated heterocycles. The number of ether oxygens (including phenoxy) is 2. The van der Waals surface area contributed by atoms with Gasteiger partial charge >= 0.3 is 6.09 Å². The van der Waals surface area contributed by atoms with Gasteiger partial charge in [0.25, 0.3) is 0 Å². The lowest BCUT2D eigenvalue weighted by Gasteiger charge is -2.24. The van der Waals surface area contributed by atoms with Crippen molar-refractivity contribution in [2.24, 2.45) is 5.11 Å². The number of hydrogen-bond acceptors (Lipinski definition) is 4. The van der Waals surface area contributed by atoms with E-state index in [1.807, 2.05) is 30.3 Å². The molecular weight excluding hydrogens is 260 g/mol. The molecule has 0 bridgehead atoms. The number of carbonyl (C=O) groups is 1. The summed E-state index contributed by atoms with van der Waals surface area (Å²) in [4.78, 5) is 13.9. The Morgan fingerprint density at radius 2 is 2.25 bits per heavy atom. The van der Waals surface area contributed by atoms with Crippen molar-refractivity contribution in [1.82, 2.24) is 5.32 Å². The Bertz CT molecular complexity index is 502. The number of amides is 1. The van der Waals surface area contributed by atoms with Crippen LogP contribution in [0.2, 0.25) is 0 Å². The summed E-state index contributed by atoms with van der Waals surface area (Å²) in [6.45, 7) is 1.36. The minimum absolute atomic E-state index is 0.108. The van der Waals surface area contributed by atoms with Gasteiger partial charge < -0.3 is 14.8 Å². The predicted octanol–water partition coefficient (Wildman–Crippen LogP) is 2.38. The molecule has 1 aliphatic heterocycles. The van der Waals surface area contributed by atoms with Gasteiger partial charge in [-0.1, -0.05) is 35.4 Å². The van der Waals surface area contributed by atoms with E-state index in [2.05, 4.69) is 15.3 Å². The fraction of sp³-hybridized carbons (Fsp3) is 0.462. The molecule has 20 heavy (non-hydrogen) atoms. The number of nitrogens with one attached hydrogen (secondary N) is 1. The van der Waals surface area contributed by atoms with Gasteiger partial charge in [-0.05, 0) is 11.1 Å². The van der Waals surface area contributed by atoms with Gasteiger partial charge in [-0.2, -0.15) is 0 Å². The first-order valence-corrected chi connectivity index (χ1v) is 6.33. The second-order valence-corrected chi connectivity index (χ2v) is 4.60. The average molecular weight is 276 g/mol. The third kappa shape index (κ3) is 3.88. The molecular formula is C13H16N4O3. The molecule has 7 heteroatoms. The highest BCUT2D eigenvalue weighted by molar-refractivity contribution is 5.70. The molecule has 106 valence electrons. The Hall–Kier alpha value is -2.24. The van der Waals surface area contributed by atoms with E-state index in [0.29, 0.717) is 26.2 Å². The monoisotopic (exact) mass is 276 g/mol. The largest absolute Gasteiger partial charge is 0.441 e. The lowest BCUT2D eigenvalue weighted by molar-refractivity contribution is 0.0201. The van der Waals surface area contributed by atoms with E-state index in [0.717, 1.165) is 5.56 Å². The molecule has 1 aromatic rings. The first-order chi connectivity index (χ1) is 9.74. The van der Waals surface area contributed by atoms with Crippen LogP contribution >= 0.6 is 0 Å². The molecule has 0 spiro atoms. The zero-order valence-corrected chi connectivity index (χ0v) is 11.0. The van der Waals surface area contributed by atoms with Crippen molar-refractivity contribution in [2.45, 2.75) is 18.6 Å². The third-order valence-corrected chi connectivity index (χ3v) is 3.10. The van der Waals surface area contributed by atoms with Crippen molar-refractivity contribution in [2.75, 3.05) is 19.7 Å². The van der Waals surface area contributed by atoms with Crippen LogP contribution in [0.1, 0.15) is 12.0 Å². The van der Waals surface area contributed by atoms with Crippen molar-refractivity contribution < 1.29 is 14.3 Å². The zero-order valence-electron chi connectivity index (χ0n) is 11.0. The minimum atomic E-state index is -0.792. The first kappa shape index (κ1) is 14.2. The molecule has 0 aromatic heterocycles. The summed E-state index contributed by atoms with van der Waals surface area (Å²) in [5.74, 6) is 0. The molecule has 0 saturated carbocycles. The number of cyclic esters (lactones) is 1. The summed E-state index contributed by atoms with van der Waals surface area (Å²) in [5.41, 5.74) is 8.68. The van der Waals surface area contributed by atoms with Crippen LogP contribution in [0.15, 0.2) is 35.4 Å². The van der Waals surface area contributed by atoms with Crippen molar-refractivity contribution in [3.63, 3.8) is 0 Å². The second kappa shape index (κ2) is 6.79. The van der Waals surface area contributed by atoms with Crippen molar-refractivity contribution in [3.8, 4) is 0 Å². The molecule has 1 aliphatic rings. The van der Waals surface area contributed by atoms with Crippen LogP contribution in [0.5, 0.6) is 0 Å². The van der Waals surface area contributed by atoms with Crippen LogP contribution in [0.25, 0.3) is 10.4 Å². The fourth-order valence-electron chi connectivity index (χ4n) is 1.99. The first-order valence-electron chi connectivity index (χ1n) is 6.33. The molecule has 1 aromatic carbocycles. The zero-order chi connectivity index (χ0) is 14.3. The Morgan fingerprint density at radius 3 is 2.90 bits per heavy atom. The standard InChI is InChI=1S/C13H16N4O3/c14-17-16-10-13(9-15-12(18)20-13)6-7-19-8-11-4-2-1-3-5-11/h1-5H,6-10H2,(H,15,18). The van der Waals surface area contributed by atoms with Gasteiger partial charge in [0.2, 0.25) is 0 Å². The van der Waals surface area contributed by atoms with E-state index in [9.17, 15) is 4.79 Å². The Morgan fingerprint density at radius 1 is 1.45 bits per heavy atom. The summed E-state index contributed by atoms with van der Waals surface area (Å²) in [5, 5.41) is 6.08. The molecule has 1 heterocycles.